The molecule has 6 heteroatoms. The van der Waals surface area contributed by atoms with Crippen LogP contribution >= 0.6 is 0 Å². The van der Waals surface area contributed by atoms with Gasteiger partial charge in [0.1, 0.15) is 12.4 Å². The molecular weight excluding hydrogens is 342 g/mol. The Hall–Kier alpha value is -3.72. The fourth-order valence-corrected chi connectivity index (χ4v) is 2.52. The molecule has 0 bridgehead atoms. The first kappa shape index (κ1) is 18.1. The van der Waals surface area contributed by atoms with Crippen molar-refractivity contribution in [1.82, 2.24) is 10.3 Å². The van der Waals surface area contributed by atoms with Crippen LogP contribution in [-0.2, 0) is 4.79 Å². The van der Waals surface area contributed by atoms with Crippen LogP contribution in [0, 0.1) is 11.8 Å². The van der Waals surface area contributed by atoms with E-state index in [1.807, 2.05) is 24.4 Å². The summed E-state index contributed by atoms with van der Waals surface area (Å²) in [4.78, 5) is 26.3. The van der Waals surface area contributed by atoms with E-state index in [0.29, 0.717) is 17.0 Å². The van der Waals surface area contributed by atoms with E-state index in [4.69, 9.17) is 4.74 Å². The molecular formula is C21H19N3O3. The number of hydrogen-bond acceptors (Lipinski definition) is 3. The van der Waals surface area contributed by atoms with Crippen molar-refractivity contribution in [2.24, 2.45) is 0 Å². The van der Waals surface area contributed by atoms with Gasteiger partial charge in [-0.15, -0.1) is 0 Å². The zero-order chi connectivity index (χ0) is 19.1. The quantitative estimate of drug-likeness (QED) is 0.611. The first-order valence-electron chi connectivity index (χ1n) is 8.43. The molecule has 0 radical (unpaired) electrons. The molecule has 3 rings (SSSR count). The molecule has 0 saturated carbocycles. The van der Waals surface area contributed by atoms with Gasteiger partial charge < -0.3 is 20.4 Å². The van der Waals surface area contributed by atoms with Crippen LogP contribution < -0.4 is 15.4 Å². The lowest BCUT2D eigenvalue weighted by Gasteiger charge is -2.05. The number of carbonyl (C=O) groups is 2. The van der Waals surface area contributed by atoms with Gasteiger partial charge in [-0.25, -0.2) is 0 Å². The maximum absolute atomic E-state index is 12.1. The van der Waals surface area contributed by atoms with Gasteiger partial charge in [-0.1, -0.05) is 24.0 Å². The van der Waals surface area contributed by atoms with E-state index in [1.54, 1.807) is 30.3 Å². The summed E-state index contributed by atoms with van der Waals surface area (Å²) in [6.07, 6.45) is 1.84. The van der Waals surface area contributed by atoms with Crippen LogP contribution in [0.3, 0.4) is 0 Å². The van der Waals surface area contributed by atoms with Crippen LogP contribution in [0.15, 0.2) is 54.7 Å². The molecule has 0 aliphatic heterocycles. The van der Waals surface area contributed by atoms with Gasteiger partial charge in [-0.05, 0) is 35.7 Å². The van der Waals surface area contributed by atoms with Crippen LogP contribution in [0.25, 0.3) is 10.9 Å². The molecule has 0 atom stereocenters. The Morgan fingerprint density at radius 2 is 2.00 bits per heavy atom. The van der Waals surface area contributed by atoms with E-state index < -0.39 is 0 Å². The fourth-order valence-electron chi connectivity index (χ4n) is 2.52. The number of ether oxygens (including phenoxy) is 1. The Bertz CT molecular complexity index is 1030. The summed E-state index contributed by atoms with van der Waals surface area (Å²) in [5, 5.41) is 6.51. The van der Waals surface area contributed by atoms with E-state index in [0.717, 1.165) is 10.9 Å². The Morgan fingerprint density at radius 3 is 2.85 bits per heavy atom. The van der Waals surface area contributed by atoms with Crippen molar-refractivity contribution in [3.63, 3.8) is 0 Å². The average Bonchev–Trinajstić information content (AvgIpc) is 3.12. The summed E-state index contributed by atoms with van der Waals surface area (Å²) in [5.41, 5.74) is 2.17. The van der Waals surface area contributed by atoms with Gasteiger partial charge in [-0.2, -0.15) is 0 Å². The highest BCUT2D eigenvalue weighted by atomic mass is 16.5. The molecule has 0 saturated heterocycles. The highest BCUT2D eigenvalue weighted by molar-refractivity contribution is 5.98. The van der Waals surface area contributed by atoms with Crippen molar-refractivity contribution in [2.45, 2.75) is 6.92 Å². The standard InChI is InChI=1S/C21H19N3O3/c1-15(25)24-18-5-4-6-19(14-18)27-12-3-2-10-23-21(26)17-8-7-16-9-11-22-20(16)13-17/h4-9,11,13-14,22H,10,12H2,1H3,(H,23,26)(H,24,25). The van der Waals surface area contributed by atoms with Crippen LogP contribution in [0.5, 0.6) is 5.75 Å². The molecule has 0 spiro atoms. The molecule has 3 aromatic rings. The van der Waals surface area contributed by atoms with Gasteiger partial charge in [0.25, 0.3) is 5.91 Å². The van der Waals surface area contributed by atoms with Crippen molar-refractivity contribution in [1.29, 1.82) is 0 Å². The second kappa shape index (κ2) is 8.59. The van der Waals surface area contributed by atoms with Gasteiger partial charge in [0.05, 0.1) is 6.54 Å². The maximum Gasteiger partial charge on any atom is 0.252 e. The van der Waals surface area contributed by atoms with Gasteiger partial charge in [-0.3, -0.25) is 9.59 Å². The summed E-state index contributed by atoms with van der Waals surface area (Å²) < 4.78 is 5.52. The Labute approximate surface area is 156 Å². The third-order valence-corrected chi connectivity index (χ3v) is 3.74. The van der Waals surface area contributed by atoms with E-state index in [9.17, 15) is 9.59 Å². The van der Waals surface area contributed by atoms with Crippen LogP contribution in [0.4, 0.5) is 5.69 Å². The van der Waals surface area contributed by atoms with E-state index in [-0.39, 0.29) is 25.0 Å². The van der Waals surface area contributed by atoms with Crippen LogP contribution in [0.2, 0.25) is 0 Å². The molecule has 1 heterocycles. The maximum atomic E-state index is 12.1. The van der Waals surface area contributed by atoms with Crippen LogP contribution in [-0.4, -0.2) is 29.9 Å². The third kappa shape index (κ3) is 5.13. The molecule has 0 fully saturated rings. The van der Waals surface area contributed by atoms with Gasteiger partial charge >= 0.3 is 0 Å². The van der Waals surface area contributed by atoms with Crippen molar-refractivity contribution < 1.29 is 14.3 Å². The Kier molecular flexibility index (Phi) is 5.75. The molecule has 27 heavy (non-hydrogen) atoms. The first-order valence-corrected chi connectivity index (χ1v) is 8.43. The monoisotopic (exact) mass is 361 g/mol. The van der Waals surface area contributed by atoms with Crippen molar-refractivity contribution in [3.05, 3.63) is 60.3 Å². The van der Waals surface area contributed by atoms with Gasteiger partial charge in [0.15, 0.2) is 0 Å². The lowest BCUT2D eigenvalue weighted by Crippen LogP contribution is -2.23. The molecule has 0 aliphatic carbocycles. The topological polar surface area (TPSA) is 83.2 Å². The number of amides is 2. The van der Waals surface area contributed by atoms with E-state index >= 15 is 0 Å². The molecule has 2 amide bonds. The minimum absolute atomic E-state index is 0.141. The predicted octanol–water partition coefficient (Wildman–Crippen LogP) is 2.94. The molecule has 6 nitrogen and oxygen atoms in total. The fraction of sp³-hybridized carbons (Fsp3) is 0.143. The van der Waals surface area contributed by atoms with Crippen molar-refractivity contribution >= 4 is 28.4 Å². The van der Waals surface area contributed by atoms with Gasteiger partial charge in [0, 0.05) is 36.0 Å². The van der Waals surface area contributed by atoms with Gasteiger partial charge in [0.2, 0.25) is 5.91 Å². The number of aromatic nitrogens is 1. The second-order valence-corrected chi connectivity index (χ2v) is 5.81. The van der Waals surface area contributed by atoms with E-state index in [2.05, 4.69) is 27.5 Å². The number of fused-ring (bicyclic) bond motifs is 1. The summed E-state index contributed by atoms with van der Waals surface area (Å²) in [5.74, 6) is 5.99. The normalized spacial score (nSPS) is 9.96. The SMILES string of the molecule is CC(=O)Nc1cccc(OCC#CCNC(=O)c2ccc3cc[nH]c3c2)c1. The minimum Gasteiger partial charge on any atom is -0.481 e. The first-order chi connectivity index (χ1) is 13.1. The zero-order valence-electron chi connectivity index (χ0n) is 14.8. The number of hydrogen-bond donors (Lipinski definition) is 3. The second-order valence-electron chi connectivity index (χ2n) is 5.81. The molecule has 0 unspecified atom stereocenters. The van der Waals surface area contributed by atoms with Crippen molar-refractivity contribution in [3.8, 4) is 17.6 Å². The smallest absolute Gasteiger partial charge is 0.252 e. The lowest BCUT2D eigenvalue weighted by atomic mass is 10.1. The Balaban J connectivity index is 1.45. The third-order valence-electron chi connectivity index (χ3n) is 3.74. The number of nitrogens with one attached hydrogen (secondary N) is 3. The molecule has 0 aliphatic rings. The van der Waals surface area contributed by atoms with Crippen molar-refractivity contribution in [2.75, 3.05) is 18.5 Å². The molecule has 136 valence electrons. The highest BCUT2D eigenvalue weighted by Crippen LogP contribution is 2.17. The minimum atomic E-state index is -0.176. The summed E-state index contributed by atoms with van der Waals surface area (Å²) in [6.45, 7) is 1.87. The number of anilines is 1. The number of H-pyrrole nitrogens is 1. The van der Waals surface area contributed by atoms with Crippen LogP contribution in [0.1, 0.15) is 17.3 Å². The zero-order valence-corrected chi connectivity index (χ0v) is 14.8. The number of aromatic amines is 1. The number of rotatable bonds is 5. The largest absolute Gasteiger partial charge is 0.481 e. The van der Waals surface area contributed by atoms with E-state index in [1.165, 1.54) is 6.92 Å². The average molecular weight is 361 g/mol. The number of carbonyl (C=O) groups excluding carboxylic acids is 2. The highest BCUT2D eigenvalue weighted by Gasteiger charge is 2.05. The number of benzene rings is 2. The lowest BCUT2D eigenvalue weighted by molar-refractivity contribution is -0.114. The summed E-state index contributed by atoms with van der Waals surface area (Å²) in [6, 6.07) is 14.5. The molecule has 2 aromatic carbocycles. The summed E-state index contributed by atoms with van der Waals surface area (Å²) >= 11 is 0. The molecule has 1 aromatic heterocycles. The Morgan fingerprint density at radius 1 is 1.11 bits per heavy atom. The predicted molar refractivity (Wildman–Crippen MR) is 105 cm³/mol. The molecule has 3 N–H and O–H groups in total. The summed E-state index contributed by atoms with van der Waals surface area (Å²) in [7, 11) is 0.